The monoisotopic (exact) mass is 440 g/mol. The lowest BCUT2D eigenvalue weighted by Gasteiger charge is -2.22. The number of rotatable bonds is 8. The number of benzene rings is 2. The lowest BCUT2D eigenvalue weighted by atomic mass is 10.1. The van der Waals surface area contributed by atoms with Crippen molar-refractivity contribution in [3.8, 4) is 5.75 Å². The first-order chi connectivity index (χ1) is 12.3. The van der Waals surface area contributed by atoms with Gasteiger partial charge >= 0.3 is 0 Å². The summed E-state index contributed by atoms with van der Waals surface area (Å²) in [7, 11) is -1.97. The Kier molecular flexibility index (Phi) is 7.05. The second-order valence-electron chi connectivity index (χ2n) is 5.70. The second kappa shape index (κ2) is 9.05. The predicted molar refractivity (Wildman–Crippen MR) is 106 cm³/mol. The molecule has 0 aliphatic heterocycles. The summed E-state index contributed by atoms with van der Waals surface area (Å²) in [4.78, 5) is 12.2. The molecule has 2 aromatic rings. The minimum atomic E-state index is -3.58. The fourth-order valence-electron chi connectivity index (χ4n) is 2.36. The van der Waals surface area contributed by atoms with Crippen molar-refractivity contribution in [2.45, 2.75) is 6.42 Å². The van der Waals surface area contributed by atoms with Gasteiger partial charge in [0, 0.05) is 11.0 Å². The third kappa shape index (κ3) is 6.03. The number of anilines is 1. The van der Waals surface area contributed by atoms with Crippen LogP contribution in [0.25, 0.3) is 0 Å². The third-order valence-corrected chi connectivity index (χ3v) is 5.31. The van der Waals surface area contributed by atoms with Gasteiger partial charge in [0.25, 0.3) is 0 Å². The average molecular weight is 441 g/mol. The molecule has 0 aromatic heterocycles. The van der Waals surface area contributed by atoms with Gasteiger partial charge in [-0.15, -0.1) is 0 Å². The van der Waals surface area contributed by atoms with E-state index in [1.807, 2.05) is 24.3 Å². The largest absolute Gasteiger partial charge is 0.497 e. The Hall–Kier alpha value is -2.06. The Labute approximate surface area is 162 Å². The molecule has 6 nitrogen and oxygen atoms in total. The summed E-state index contributed by atoms with van der Waals surface area (Å²) < 4.78 is 31.0. The maximum atomic E-state index is 12.2. The highest BCUT2D eigenvalue weighted by atomic mass is 79.9. The van der Waals surface area contributed by atoms with Crippen LogP contribution in [0.2, 0.25) is 0 Å². The van der Waals surface area contributed by atoms with Crippen LogP contribution < -0.4 is 14.4 Å². The third-order valence-electron chi connectivity index (χ3n) is 3.68. The first-order valence-electron chi connectivity index (χ1n) is 7.92. The highest BCUT2D eigenvalue weighted by Crippen LogP contribution is 2.21. The molecule has 0 spiro atoms. The van der Waals surface area contributed by atoms with E-state index in [-0.39, 0.29) is 12.5 Å². The number of halogens is 1. The van der Waals surface area contributed by atoms with Crippen molar-refractivity contribution in [2.75, 3.05) is 30.8 Å². The Morgan fingerprint density at radius 1 is 1.19 bits per heavy atom. The van der Waals surface area contributed by atoms with Crippen molar-refractivity contribution in [1.82, 2.24) is 5.32 Å². The van der Waals surface area contributed by atoms with Crippen molar-refractivity contribution in [2.24, 2.45) is 0 Å². The Morgan fingerprint density at radius 2 is 1.88 bits per heavy atom. The van der Waals surface area contributed by atoms with Crippen LogP contribution >= 0.6 is 15.9 Å². The average Bonchev–Trinajstić information content (AvgIpc) is 2.59. The zero-order valence-corrected chi connectivity index (χ0v) is 17.0. The zero-order chi connectivity index (χ0) is 19.2. The van der Waals surface area contributed by atoms with Gasteiger partial charge < -0.3 is 10.1 Å². The summed E-state index contributed by atoms with van der Waals surface area (Å²) in [5, 5.41) is 2.76. The molecule has 0 saturated heterocycles. The second-order valence-corrected chi connectivity index (χ2v) is 8.52. The Balaban J connectivity index is 1.95. The van der Waals surface area contributed by atoms with Crippen LogP contribution in [0, 0.1) is 0 Å². The summed E-state index contributed by atoms with van der Waals surface area (Å²) in [6.07, 6.45) is 1.73. The van der Waals surface area contributed by atoms with Crippen molar-refractivity contribution in [3.05, 3.63) is 58.6 Å². The molecular weight excluding hydrogens is 420 g/mol. The standard InChI is InChI=1S/C18H21BrN2O4S/c1-25-17-8-6-14(7-9-17)10-11-20-18(22)13-21(26(2,23)24)16-5-3-4-15(19)12-16/h3-9,12H,10-11,13H2,1-2H3,(H,20,22). The van der Waals surface area contributed by atoms with E-state index in [4.69, 9.17) is 4.74 Å². The molecule has 140 valence electrons. The quantitative estimate of drug-likeness (QED) is 0.684. The molecule has 2 aromatic carbocycles. The summed E-state index contributed by atoms with van der Waals surface area (Å²) in [5.74, 6) is 0.416. The molecule has 0 fully saturated rings. The van der Waals surface area contributed by atoms with Gasteiger partial charge in [0.15, 0.2) is 0 Å². The van der Waals surface area contributed by atoms with Gasteiger partial charge in [-0.2, -0.15) is 0 Å². The number of hydrogen-bond donors (Lipinski definition) is 1. The highest BCUT2D eigenvalue weighted by molar-refractivity contribution is 9.10. The minimum Gasteiger partial charge on any atom is -0.497 e. The lowest BCUT2D eigenvalue weighted by Crippen LogP contribution is -2.40. The zero-order valence-electron chi connectivity index (χ0n) is 14.6. The first-order valence-corrected chi connectivity index (χ1v) is 10.6. The van der Waals surface area contributed by atoms with Gasteiger partial charge in [-0.05, 0) is 42.3 Å². The van der Waals surface area contributed by atoms with Gasteiger partial charge in [0.2, 0.25) is 15.9 Å². The minimum absolute atomic E-state index is 0.266. The molecular formula is C18H21BrN2O4S. The number of sulfonamides is 1. The van der Waals surface area contributed by atoms with Crippen molar-refractivity contribution < 1.29 is 17.9 Å². The van der Waals surface area contributed by atoms with Crippen LogP contribution in [0.1, 0.15) is 5.56 Å². The highest BCUT2D eigenvalue weighted by Gasteiger charge is 2.20. The number of methoxy groups -OCH3 is 1. The number of hydrogen-bond acceptors (Lipinski definition) is 4. The van der Waals surface area contributed by atoms with Gasteiger partial charge in [-0.1, -0.05) is 34.1 Å². The predicted octanol–water partition coefficient (Wildman–Crippen LogP) is 2.58. The number of nitrogens with one attached hydrogen (secondary N) is 1. The Bertz CT molecular complexity index is 854. The van der Waals surface area contributed by atoms with Crippen molar-refractivity contribution in [3.63, 3.8) is 0 Å². The van der Waals surface area contributed by atoms with Crippen LogP contribution in [-0.2, 0) is 21.2 Å². The van der Waals surface area contributed by atoms with E-state index in [1.54, 1.807) is 31.4 Å². The maximum absolute atomic E-state index is 12.2. The molecule has 8 heteroatoms. The summed E-state index contributed by atoms with van der Waals surface area (Å²) in [6, 6.07) is 14.4. The van der Waals surface area contributed by atoms with E-state index in [2.05, 4.69) is 21.2 Å². The van der Waals surface area contributed by atoms with E-state index >= 15 is 0 Å². The molecule has 0 unspecified atom stereocenters. The van der Waals surface area contributed by atoms with E-state index in [0.29, 0.717) is 18.7 Å². The molecule has 0 saturated carbocycles. The molecule has 0 atom stereocenters. The Morgan fingerprint density at radius 3 is 2.46 bits per heavy atom. The fourth-order valence-corrected chi connectivity index (χ4v) is 3.59. The van der Waals surface area contributed by atoms with E-state index in [0.717, 1.165) is 26.3 Å². The van der Waals surface area contributed by atoms with Gasteiger partial charge in [0.1, 0.15) is 12.3 Å². The maximum Gasteiger partial charge on any atom is 0.240 e. The number of carbonyl (C=O) groups excluding carboxylic acids is 1. The molecule has 0 aliphatic rings. The molecule has 1 N–H and O–H groups in total. The SMILES string of the molecule is COc1ccc(CCNC(=O)CN(c2cccc(Br)c2)S(C)(=O)=O)cc1. The molecule has 2 rings (SSSR count). The van der Waals surface area contributed by atoms with E-state index in [1.165, 1.54) is 0 Å². The fraction of sp³-hybridized carbons (Fsp3) is 0.278. The smallest absolute Gasteiger partial charge is 0.240 e. The van der Waals surface area contributed by atoms with Crippen molar-refractivity contribution >= 4 is 37.5 Å². The topological polar surface area (TPSA) is 75.7 Å². The normalized spacial score (nSPS) is 11.0. The lowest BCUT2D eigenvalue weighted by molar-refractivity contribution is -0.119. The van der Waals surface area contributed by atoms with E-state index < -0.39 is 10.0 Å². The van der Waals surface area contributed by atoms with Crippen molar-refractivity contribution in [1.29, 1.82) is 0 Å². The first kappa shape index (κ1) is 20.3. The molecule has 0 aliphatic carbocycles. The molecule has 0 heterocycles. The van der Waals surface area contributed by atoms with Crippen LogP contribution in [-0.4, -0.2) is 40.8 Å². The molecule has 0 radical (unpaired) electrons. The molecule has 1 amide bonds. The van der Waals surface area contributed by atoms with Gasteiger partial charge in [-0.25, -0.2) is 8.42 Å². The number of nitrogens with zero attached hydrogens (tertiary/aromatic N) is 1. The number of amides is 1. The van der Waals surface area contributed by atoms with Gasteiger partial charge in [-0.3, -0.25) is 9.10 Å². The molecule has 0 bridgehead atoms. The number of carbonyl (C=O) groups is 1. The summed E-state index contributed by atoms with van der Waals surface area (Å²) in [5.41, 5.74) is 1.49. The molecule has 26 heavy (non-hydrogen) atoms. The van der Waals surface area contributed by atoms with Crippen LogP contribution in [0.5, 0.6) is 5.75 Å². The van der Waals surface area contributed by atoms with Crippen LogP contribution in [0.15, 0.2) is 53.0 Å². The van der Waals surface area contributed by atoms with Gasteiger partial charge in [0.05, 0.1) is 19.1 Å². The summed E-state index contributed by atoms with van der Waals surface area (Å²) in [6.45, 7) is 0.152. The van der Waals surface area contributed by atoms with Crippen LogP contribution in [0.4, 0.5) is 5.69 Å². The number of ether oxygens (including phenoxy) is 1. The van der Waals surface area contributed by atoms with Crippen LogP contribution in [0.3, 0.4) is 0 Å². The summed E-state index contributed by atoms with van der Waals surface area (Å²) >= 11 is 3.31. The van der Waals surface area contributed by atoms with E-state index in [9.17, 15) is 13.2 Å².